The smallest absolute Gasteiger partial charge is 0.224 e. The van der Waals surface area contributed by atoms with Gasteiger partial charge in [0.25, 0.3) is 0 Å². The first-order valence-corrected chi connectivity index (χ1v) is 7.03. The molecule has 0 atom stereocenters. The molecule has 0 radical (unpaired) electrons. The number of hydrogen-bond acceptors (Lipinski definition) is 3. The van der Waals surface area contributed by atoms with E-state index in [1.165, 1.54) is 7.11 Å². The number of hydrogen-bond donors (Lipinski definition) is 1. The summed E-state index contributed by atoms with van der Waals surface area (Å²) in [6.45, 7) is 0.442. The molecular weight excluding hydrogens is 311 g/mol. The molecule has 1 heterocycles. The molecule has 0 aliphatic rings. The number of halogens is 2. The normalized spacial score (nSPS) is 10.2. The molecule has 0 fully saturated rings. The van der Waals surface area contributed by atoms with Crippen molar-refractivity contribution in [3.05, 3.63) is 57.8 Å². The fourth-order valence-corrected chi connectivity index (χ4v) is 2.52. The van der Waals surface area contributed by atoms with Crippen molar-refractivity contribution in [2.45, 2.75) is 13.0 Å². The van der Waals surface area contributed by atoms with Gasteiger partial charge in [-0.25, -0.2) is 0 Å². The fraction of sp³-hybridized carbons (Fsp3) is 0.200. The lowest BCUT2D eigenvalue weighted by atomic mass is 10.1. The lowest BCUT2D eigenvalue weighted by Crippen LogP contribution is -2.24. The van der Waals surface area contributed by atoms with Crippen LogP contribution < -0.4 is 10.1 Å². The number of benzene rings is 1. The van der Waals surface area contributed by atoms with Crippen LogP contribution in [0.1, 0.15) is 11.1 Å². The molecule has 2 rings (SSSR count). The lowest BCUT2D eigenvalue weighted by Gasteiger charge is -2.11. The SMILES string of the molecule is COc1c(Cl)cc(Cl)cc1CC(=O)NCc1ccncc1. The summed E-state index contributed by atoms with van der Waals surface area (Å²) in [5, 5.41) is 3.69. The third kappa shape index (κ3) is 4.34. The molecule has 0 aliphatic carbocycles. The van der Waals surface area contributed by atoms with Crippen LogP contribution in [-0.2, 0) is 17.8 Å². The number of rotatable bonds is 5. The molecular formula is C15H14Cl2N2O2. The van der Waals surface area contributed by atoms with E-state index in [4.69, 9.17) is 27.9 Å². The maximum atomic E-state index is 12.0. The summed E-state index contributed by atoms with van der Waals surface area (Å²) in [6, 6.07) is 6.95. The van der Waals surface area contributed by atoms with Crippen molar-refractivity contribution in [2.24, 2.45) is 0 Å². The minimum absolute atomic E-state index is 0.136. The Kier molecular flexibility index (Phi) is 5.42. The zero-order valence-corrected chi connectivity index (χ0v) is 12.9. The largest absolute Gasteiger partial charge is 0.495 e. The Balaban J connectivity index is 2.03. The van der Waals surface area contributed by atoms with Crippen molar-refractivity contribution in [1.82, 2.24) is 10.3 Å². The summed E-state index contributed by atoms with van der Waals surface area (Å²) >= 11 is 12.0. The minimum atomic E-state index is -0.136. The summed E-state index contributed by atoms with van der Waals surface area (Å²) in [4.78, 5) is 15.9. The van der Waals surface area contributed by atoms with E-state index in [0.717, 1.165) is 5.56 Å². The average Bonchev–Trinajstić information content (AvgIpc) is 2.46. The van der Waals surface area contributed by atoms with Crippen molar-refractivity contribution in [3.63, 3.8) is 0 Å². The van der Waals surface area contributed by atoms with E-state index < -0.39 is 0 Å². The lowest BCUT2D eigenvalue weighted by molar-refractivity contribution is -0.120. The first-order valence-electron chi connectivity index (χ1n) is 6.27. The van der Waals surface area contributed by atoms with Gasteiger partial charge in [-0.3, -0.25) is 9.78 Å². The number of amides is 1. The van der Waals surface area contributed by atoms with Crippen LogP contribution in [0.4, 0.5) is 0 Å². The van der Waals surface area contributed by atoms with Gasteiger partial charge in [-0.05, 0) is 29.8 Å². The molecule has 0 spiro atoms. The third-order valence-corrected chi connectivity index (χ3v) is 3.38. The number of nitrogens with one attached hydrogen (secondary N) is 1. The Labute approximate surface area is 133 Å². The summed E-state index contributed by atoms with van der Waals surface area (Å²) in [5.41, 5.74) is 1.64. The predicted molar refractivity (Wildman–Crippen MR) is 82.8 cm³/mol. The molecule has 0 aliphatic heterocycles. The first-order chi connectivity index (χ1) is 10.1. The summed E-state index contributed by atoms with van der Waals surface area (Å²) < 4.78 is 5.22. The summed E-state index contributed by atoms with van der Waals surface area (Å²) in [7, 11) is 1.51. The highest BCUT2D eigenvalue weighted by Crippen LogP contribution is 2.32. The molecule has 0 saturated carbocycles. The molecule has 1 aromatic heterocycles. The van der Waals surface area contributed by atoms with Crippen molar-refractivity contribution >= 4 is 29.1 Å². The molecule has 21 heavy (non-hydrogen) atoms. The molecule has 0 bridgehead atoms. The van der Waals surface area contributed by atoms with E-state index in [9.17, 15) is 4.79 Å². The standard InChI is InChI=1S/C15H14Cl2N2O2/c1-21-15-11(6-12(16)8-13(15)17)7-14(20)19-9-10-2-4-18-5-3-10/h2-6,8H,7,9H2,1H3,(H,19,20). The molecule has 4 nitrogen and oxygen atoms in total. The van der Waals surface area contributed by atoms with Crippen LogP contribution >= 0.6 is 23.2 Å². The van der Waals surface area contributed by atoms with Gasteiger partial charge in [-0.15, -0.1) is 0 Å². The third-order valence-electron chi connectivity index (χ3n) is 2.88. The van der Waals surface area contributed by atoms with Gasteiger partial charge in [0, 0.05) is 29.5 Å². The van der Waals surface area contributed by atoms with Crippen molar-refractivity contribution in [3.8, 4) is 5.75 Å². The van der Waals surface area contributed by atoms with Gasteiger partial charge in [-0.2, -0.15) is 0 Å². The number of carbonyl (C=O) groups is 1. The molecule has 1 aromatic carbocycles. The molecule has 1 amide bonds. The summed E-state index contributed by atoms with van der Waals surface area (Å²) in [5.74, 6) is 0.337. The van der Waals surface area contributed by atoms with Crippen LogP contribution in [-0.4, -0.2) is 18.0 Å². The topological polar surface area (TPSA) is 51.2 Å². The second-order valence-corrected chi connectivity index (χ2v) is 5.23. The number of nitrogens with zero attached hydrogens (tertiary/aromatic N) is 1. The maximum Gasteiger partial charge on any atom is 0.224 e. The molecule has 1 N–H and O–H groups in total. The van der Waals surface area contributed by atoms with Crippen LogP contribution in [0.3, 0.4) is 0 Å². The molecule has 6 heteroatoms. The maximum absolute atomic E-state index is 12.0. The Bertz CT molecular complexity index is 633. The van der Waals surface area contributed by atoms with Crippen molar-refractivity contribution in [2.75, 3.05) is 7.11 Å². The predicted octanol–water partition coefficient (Wildman–Crippen LogP) is 3.26. The molecule has 2 aromatic rings. The van der Waals surface area contributed by atoms with Gasteiger partial charge in [0.1, 0.15) is 5.75 Å². The summed E-state index contributed by atoms with van der Waals surface area (Å²) in [6.07, 6.45) is 3.51. The van der Waals surface area contributed by atoms with Gasteiger partial charge in [-0.1, -0.05) is 23.2 Å². The van der Waals surface area contributed by atoms with Gasteiger partial charge < -0.3 is 10.1 Å². The Morgan fingerprint density at radius 2 is 2.00 bits per heavy atom. The van der Waals surface area contributed by atoms with Crippen molar-refractivity contribution in [1.29, 1.82) is 0 Å². The van der Waals surface area contributed by atoms with E-state index in [1.807, 2.05) is 12.1 Å². The van der Waals surface area contributed by atoms with Gasteiger partial charge in [0.05, 0.1) is 18.6 Å². The zero-order chi connectivity index (χ0) is 15.2. The number of ether oxygens (including phenoxy) is 1. The van der Waals surface area contributed by atoms with E-state index >= 15 is 0 Å². The number of carbonyl (C=O) groups excluding carboxylic acids is 1. The highest BCUT2D eigenvalue weighted by molar-refractivity contribution is 6.35. The van der Waals surface area contributed by atoms with E-state index in [1.54, 1.807) is 24.5 Å². The van der Waals surface area contributed by atoms with E-state index in [-0.39, 0.29) is 12.3 Å². The van der Waals surface area contributed by atoms with E-state index in [0.29, 0.717) is 27.9 Å². The van der Waals surface area contributed by atoms with Crippen LogP contribution in [0.2, 0.25) is 10.0 Å². The average molecular weight is 325 g/mol. The van der Waals surface area contributed by atoms with Crippen LogP contribution in [0, 0.1) is 0 Å². The molecule has 0 unspecified atom stereocenters. The highest BCUT2D eigenvalue weighted by atomic mass is 35.5. The van der Waals surface area contributed by atoms with Crippen LogP contribution in [0.25, 0.3) is 0 Å². The Morgan fingerprint density at radius 1 is 1.29 bits per heavy atom. The quantitative estimate of drug-likeness (QED) is 0.918. The second kappa shape index (κ2) is 7.29. The Morgan fingerprint density at radius 3 is 2.67 bits per heavy atom. The molecule has 0 saturated heterocycles. The number of aromatic nitrogens is 1. The second-order valence-electron chi connectivity index (χ2n) is 4.39. The minimum Gasteiger partial charge on any atom is -0.495 e. The van der Waals surface area contributed by atoms with Gasteiger partial charge in [0.2, 0.25) is 5.91 Å². The van der Waals surface area contributed by atoms with Crippen molar-refractivity contribution < 1.29 is 9.53 Å². The number of pyridine rings is 1. The molecule has 110 valence electrons. The van der Waals surface area contributed by atoms with E-state index in [2.05, 4.69) is 10.3 Å². The highest BCUT2D eigenvalue weighted by Gasteiger charge is 2.13. The zero-order valence-electron chi connectivity index (χ0n) is 11.4. The monoisotopic (exact) mass is 324 g/mol. The Hall–Kier alpha value is -1.78. The van der Waals surface area contributed by atoms with Gasteiger partial charge in [0.15, 0.2) is 0 Å². The fourth-order valence-electron chi connectivity index (χ4n) is 1.91. The van der Waals surface area contributed by atoms with Crippen LogP contribution in [0.5, 0.6) is 5.75 Å². The number of methoxy groups -OCH3 is 1. The first kappa shape index (κ1) is 15.6. The van der Waals surface area contributed by atoms with Gasteiger partial charge >= 0.3 is 0 Å². The van der Waals surface area contributed by atoms with Crippen LogP contribution in [0.15, 0.2) is 36.7 Å².